The van der Waals surface area contributed by atoms with Crippen molar-refractivity contribution < 1.29 is 14.2 Å². The van der Waals surface area contributed by atoms with Gasteiger partial charge in [0.2, 0.25) is 5.70 Å². The van der Waals surface area contributed by atoms with Crippen LogP contribution in [0.1, 0.15) is 35.2 Å². The number of hydrogen-bond acceptors (Lipinski definition) is 1. The van der Waals surface area contributed by atoms with Crippen molar-refractivity contribution in [1.82, 2.24) is 0 Å². The molecule has 1 unspecified atom stereocenters. The number of phenolic OH excluding ortho intramolecular Hbond substituents is 1. The highest BCUT2D eigenvalue weighted by molar-refractivity contribution is 6.11. The standard InChI is InChI=1S/C31H29N2O/c1-21-13-18-28(34)26(20-21)29-22(2)27-12-8-9-19-33(27)31(29)30(23-10-6-5-7-11-23)24-14-16-25(17-15-24)32(3)4/h5-20,22H,1-4H3/q+1/p+1. The van der Waals surface area contributed by atoms with E-state index in [-0.39, 0.29) is 5.92 Å². The van der Waals surface area contributed by atoms with E-state index < -0.39 is 0 Å². The van der Waals surface area contributed by atoms with Gasteiger partial charge in [-0.05, 0) is 49.3 Å². The maximum Gasteiger partial charge on any atom is 0.224 e. The Labute approximate surface area is 201 Å². The molecule has 2 heterocycles. The van der Waals surface area contributed by atoms with Crippen molar-refractivity contribution in [3.8, 4) is 5.75 Å². The zero-order valence-electron chi connectivity index (χ0n) is 20.2. The highest BCUT2D eigenvalue weighted by Gasteiger charge is 2.41. The number of aryl methyl sites for hydroxylation is 1. The summed E-state index contributed by atoms with van der Waals surface area (Å²) >= 11 is 0. The molecular weight excluding hydrogens is 416 g/mol. The summed E-state index contributed by atoms with van der Waals surface area (Å²) in [5.74, 6) is 0.442. The van der Waals surface area contributed by atoms with Crippen LogP contribution in [0, 0.1) is 6.92 Å². The number of nitrogens with zero attached hydrogens (tertiary/aromatic N) is 2. The van der Waals surface area contributed by atoms with Gasteiger partial charge in [-0.25, -0.2) is 4.58 Å². The summed E-state index contributed by atoms with van der Waals surface area (Å²) in [6, 6.07) is 22.8. The smallest absolute Gasteiger partial charge is 0.224 e. The van der Waals surface area contributed by atoms with Gasteiger partial charge in [0.1, 0.15) is 19.8 Å². The lowest BCUT2D eigenvalue weighted by atomic mass is 9.86. The van der Waals surface area contributed by atoms with Gasteiger partial charge in [0.15, 0.2) is 17.6 Å². The van der Waals surface area contributed by atoms with E-state index in [9.17, 15) is 5.11 Å². The molecular formula is C31H30N2O+2. The number of pyridine rings is 1. The number of hydrogen-bond donors (Lipinski definition) is 1. The molecule has 0 fully saturated rings. The van der Waals surface area contributed by atoms with E-state index in [1.165, 1.54) is 5.69 Å². The summed E-state index contributed by atoms with van der Waals surface area (Å²) in [4.78, 5) is 0. The van der Waals surface area contributed by atoms with Crippen LogP contribution in [0.2, 0.25) is 0 Å². The quantitative estimate of drug-likeness (QED) is 0.509. The van der Waals surface area contributed by atoms with Crippen LogP contribution in [-0.4, -0.2) is 29.5 Å². The molecule has 1 aromatic heterocycles. The first-order valence-electron chi connectivity index (χ1n) is 11.7. The number of fused-ring (bicyclic) bond motifs is 1. The monoisotopic (exact) mass is 446 g/mol. The summed E-state index contributed by atoms with van der Waals surface area (Å²) in [7, 11) is 4.12. The van der Waals surface area contributed by atoms with Crippen LogP contribution in [0.25, 0.3) is 16.8 Å². The molecule has 0 spiro atoms. The minimum Gasteiger partial charge on any atom is -0.507 e. The molecule has 0 radical (unpaired) electrons. The van der Waals surface area contributed by atoms with Gasteiger partial charge in [0.05, 0.1) is 11.5 Å². The van der Waals surface area contributed by atoms with Crippen LogP contribution in [0.4, 0.5) is 0 Å². The molecule has 0 amide bonds. The number of benzene rings is 2. The van der Waals surface area contributed by atoms with E-state index in [2.05, 4.69) is 122 Å². The highest BCUT2D eigenvalue weighted by atomic mass is 16.3. The summed E-state index contributed by atoms with van der Waals surface area (Å²) in [5.41, 5.74) is 10.1. The predicted octanol–water partition coefficient (Wildman–Crippen LogP) is 5.77. The fourth-order valence-electron chi connectivity index (χ4n) is 4.95. The van der Waals surface area contributed by atoms with E-state index >= 15 is 0 Å². The molecule has 2 aromatic carbocycles. The van der Waals surface area contributed by atoms with Crippen LogP contribution in [0.3, 0.4) is 0 Å². The molecule has 1 N–H and O–H groups in total. The van der Waals surface area contributed by atoms with Crippen molar-refractivity contribution in [1.29, 1.82) is 0 Å². The van der Waals surface area contributed by atoms with Gasteiger partial charge < -0.3 is 5.11 Å². The number of rotatable bonds is 3. The second-order valence-electron chi connectivity index (χ2n) is 9.18. The van der Waals surface area contributed by atoms with Gasteiger partial charge in [-0.15, -0.1) is 0 Å². The van der Waals surface area contributed by atoms with Gasteiger partial charge in [-0.1, -0.05) is 48.0 Å². The third-order valence-electron chi connectivity index (χ3n) is 6.68. The molecule has 2 aliphatic rings. The minimum atomic E-state index is 0.128. The zero-order chi connectivity index (χ0) is 23.8. The largest absolute Gasteiger partial charge is 0.507 e. The fraction of sp³-hybridized carbons (Fsp3) is 0.161. The Hall–Kier alpha value is -3.98. The zero-order valence-corrected chi connectivity index (χ0v) is 20.2. The van der Waals surface area contributed by atoms with Crippen LogP contribution >= 0.6 is 0 Å². The first kappa shape index (κ1) is 21.8. The van der Waals surface area contributed by atoms with E-state index in [4.69, 9.17) is 0 Å². The van der Waals surface area contributed by atoms with Crippen LogP contribution in [0.5, 0.6) is 5.75 Å². The molecule has 0 saturated carbocycles. The molecule has 1 aliphatic carbocycles. The second kappa shape index (κ2) is 8.75. The average Bonchev–Trinajstić information content (AvgIpc) is 3.14. The summed E-state index contributed by atoms with van der Waals surface area (Å²) in [6.07, 6.45) is 10.9. The van der Waals surface area contributed by atoms with Gasteiger partial charge in [-0.2, -0.15) is 4.57 Å². The van der Waals surface area contributed by atoms with E-state index in [0.29, 0.717) is 5.75 Å². The van der Waals surface area contributed by atoms with Gasteiger partial charge in [0, 0.05) is 35.4 Å². The van der Waals surface area contributed by atoms with E-state index in [0.717, 1.165) is 44.8 Å². The molecule has 0 saturated heterocycles. The Morgan fingerprint density at radius 3 is 2.29 bits per heavy atom. The number of aromatic nitrogens is 1. The lowest BCUT2D eigenvalue weighted by Gasteiger charge is -2.15. The lowest BCUT2D eigenvalue weighted by Crippen LogP contribution is -2.34. The second-order valence-corrected chi connectivity index (χ2v) is 9.18. The van der Waals surface area contributed by atoms with Crippen LogP contribution < -0.4 is 4.57 Å². The Balaban J connectivity index is 1.88. The van der Waals surface area contributed by atoms with Crippen molar-refractivity contribution in [2.45, 2.75) is 19.8 Å². The molecule has 5 rings (SSSR count). The number of allylic oxidation sites excluding steroid dienone is 8. The van der Waals surface area contributed by atoms with Crippen molar-refractivity contribution in [2.75, 3.05) is 14.1 Å². The molecule has 168 valence electrons. The summed E-state index contributed by atoms with van der Waals surface area (Å²) in [6.45, 7) is 4.30. The SMILES string of the molecule is Cc1ccc(O)c(C2=C(C(=C3C=CC(=[N+](C)C)C=C3)c3ccccc3)[n+]3ccccc3C2C)c1. The molecule has 1 aliphatic heterocycles. The Morgan fingerprint density at radius 1 is 0.882 bits per heavy atom. The Morgan fingerprint density at radius 2 is 1.59 bits per heavy atom. The summed E-state index contributed by atoms with van der Waals surface area (Å²) < 4.78 is 4.41. The molecule has 0 bridgehead atoms. The van der Waals surface area contributed by atoms with Crippen molar-refractivity contribution in [2.24, 2.45) is 0 Å². The third kappa shape index (κ3) is 3.73. The van der Waals surface area contributed by atoms with Gasteiger partial charge in [-0.3, -0.25) is 0 Å². The van der Waals surface area contributed by atoms with Crippen molar-refractivity contribution in [3.63, 3.8) is 0 Å². The van der Waals surface area contributed by atoms with Crippen molar-refractivity contribution >= 4 is 22.6 Å². The topological polar surface area (TPSA) is 27.1 Å². The van der Waals surface area contributed by atoms with Crippen molar-refractivity contribution in [3.05, 3.63) is 125 Å². The summed E-state index contributed by atoms with van der Waals surface area (Å²) in [5, 5.41) is 11.0. The van der Waals surface area contributed by atoms with Crippen LogP contribution in [0.15, 0.2) is 103 Å². The predicted molar refractivity (Wildman–Crippen MR) is 140 cm³/mol. The van der Waals surface area contributed by atoms with Gasteiger partial charge in [0.25, 0.3) is 0 Å². The fourth-order valence-corrected chi connectivity index (χ4v) is 4.95. The first-order valence-corrected chi connectivity index (χ1v) is 11.7. The highest BCUT2D eigenvalue weighted by Crippen LogP contribution is 2.46. The van der Waals surface area contributed by atoms with Gasteiger partial charge >= 0.3 is 0 Å². The van der Waals surface area contributed by atoms with E-state index in [1.807, 2.05) is 12.1 Å². The van der Waals surface area contributed by atoms with E-state index in [1.54, 1.807) is 0 Å². The molecule has 34 heavy (non-hydrogen) atoms. The minimum absolute atomic E-state index is 0.128. The molecule has 3 nitrogen and oxygen atoms in total. The molecule has 3 heteroatoms. The normalized spacial score (nSPS) is 16.8. The molecule has 1 atom stereocenters. The maximum absolute atomic E-state index is 11.0. The maximum atomic E-state index is 11.0. The molecule has 3 aromatic rings. The van der Waals surface area contributed by atoms with Crippen LogP contribution in [-0.2, 0) is 0 Å². The third-order valence-corrected chi connectivity index (χ3v) is 6.68. The first-order chi connectivity index (χ1) is 16.5. The average molecular weight is 447 g/mol. The lowest BCUT2D eigenvalue weighted by molar-refractivity contribution is -0.581. The Kier molecular flexibility index (Phi) is 5.62. The number of aromatic hydroxyl groups is 1. The number of phenols is 1. The Bertz CT molecular complexity index is 1410.